The number of carbonyl (C=O) groups excluding carboxylic acids is 2. The summed E-state index contributed by atoms with van der Waals surface area (Å²) in [6.45, 7) is 3.53. The Kier molecular flexibility index (Phi) is 5.39. The average molecular weight is 459 g/mol. The summed E-state index contributed by atoms with van der Waals surface area (Å²) < 4.78 is 11.1. The zero-order chi connectivity index (χ0) is 23.1. The van der Waals surface area contributed by atoms with Gasteiger partial charge in [-0.3, -0.25) is 4.79 Å². The number of ether oxygens (including phenoxy) is 1. The number of fused-ring (bicyclic) bond motifs is 4. The molecule has 1 unspecified atom stereocenters. The van der Waals surface area contributed by atoms with Crippen LogP contribution in [0.1, 0.15) is 45.5 Å². The van der Waals surface area contributed by atoms with Crippen molar-refractivity contribution in [3.05, 3.63) is 63.7 Å². The van der Waals surface area contributed by atoms with Crippen LogP contribution in [-0.2, 0) is 22.4 Å². The van der Waals surface area contributed by atoms with Gasteiger partial charge in [0.15, 0.2) is 6.61 Å². The summed E-state index contributed by atoms with van der Waals surface area (Å²) in [6.07, 6.45) is 2.80. The number of nitrogens with one attached hydrogen (secondary N) is 1. The molecule has 1 amide bonds. The van der Waals surface area contributed by atoms with Crippen LogP contribution in [0.15, 0.2) is 40.8 Å². The van der Waals surface area contributed by atoms with Gasteiger partial charge in [0, 0.05) is 21.2 Å². The molecule has 0 fully saturated rings. The Balaban J connectivity index is 1.31. The fraction of sp³-hybridized carbons (Fsp3) is 0.269. The Morgan fingerprint density at radius 3 is 2.88 bits per heavy atom. The highest BCUT2D eigenvalue weighted by molar-refractivity contribution is 7.16. The van der Waals surface area contributed by atoms with Crippen LogP contribution >= 0.6 is 11.3 Å². The van der Waals surface area contributed by atoms with Gasteiger partial charge in [-0.15, -0.1) is 11.3 Å². The fourth-order valence-corrected chi connectivity index (χ4v) is 5.84. The lowest BCUT2D eigenvalue weighted by Crippen LogP contribution is -2.21. The second-order valence-corrected chi connectivity index (χ2v) is 9.62. The van der Waals surface area contributed by atoms with Gasteiger partial charge in [0.1, 0.15) is 16.7 Å². The number of thiophene rings is 1. The van der Waals surface area contributed by atoms with Gasteiger partial charge in [-0.05, 0) is 43.1 Å². The second-order valence-electron chi connectivity index (χ2n) is 8.51. The van der Waals surface area contributed by atoms with Crippen LogP contribution in [-0.4, -0.2) is 18.5 Å². The van der Waals surface area contributed by atoms with Crippen molar-refractivity contribution < 1.29 is 18.7 Å². The highest BCUT2D eigenvalue weighted by Gasteiger charge is 2.25. The lowest BCUT2D eigenvalue weighted by molar-refractivity contribution is -0.119. The number of hydrogen-bond acceptors (Lipinski definition) is 6. The van der Waals surface area contributed by atoms with Crippen molar-refractivity contribution in [3.8, 4) is 6.07 Å². The minimum absolute atomic E-state index is 0.0902. The van der Waals surface area contributed by atoms with E-state index in [-0.39, 0.29) is 5.76 Å². The van der Waals surface area contributed by atoms with E-state index >= 15 is 0 Å². The average Bonchev–Trinajstić information content (AvgIpc) is 3.33. The van der Waals surface area contributed by atoms with E-state index in [0.717, 1.165) is 45.9 Å². The molecule has 7 heteroatoms. The van der Waals surface area contributed by atoms with E-state index in [0.29, 0.717) is 27.6 Å². The number of amides is 1. The lowest BCUT2D eigenvalue weighted by Gasteiger charge is -2.17. The molecule has 0 radical (unpaired) electrons. The van der Waals surface area contributed by atoms with Crippen molar-refractivity contribution in [1.29, 1.82) is 5.26 Å². The summed E-state index contributed by atoms with van der Waals surface area (Å²) in [4.78, 5) is 26.4. The molecule has 0 saturated carbocycles. The van der Waals surface area contributed by atoms with E-state index in [1.807, 2.05) is 36.4 Å². The van der Waals surface area contributed by atoms with E-state index in [1.54, 1.807) is 6.92 Å². The van der Waals surface area contributed by atoms with Crippen molar-refractivity contribution in [3.63, 3.8) is 0 Å². The van der Waals surface area contributed by atoms with E-state index in [4.69, 9.17) is 9.15 Å². The minimum Gasteiger partial charge on any atom is -0.450 e. The summed E-state index contributed by atoms with van der Waals surface area (Å²) in [7, 11) is 0. The maximum atomic E-state index is 12.7. The Labute approximate surface area is 194 Å². The lowest BCUT2D eigenvalue weighted by atomic mass is 9.89. The molecule has 2 aromatic carbocycles. The third kappa shape index (κ3) is 3.77. The van der Waals surface area contributed by atoms with Crippen molar-refractivity contribution in [1.82, 2.24) is 0 Å². The number of furan rings is 1. The predicted octanol–water partition coefficient (Wildman–Crippen LogP) is 5.75. The van der Waals surface area contributed by atoms with E-state index < -0.39 is 18.5 Å². The van der Waals surface area contributed by atoms with Crippen LogP contribution in [0.2, 0.25) is 0 Å². The quantitative estimate of drug-likeness (QED) is 0.393. The molecule has 6 nitrogen and oxygen atoms in total. The van der Waals surface area contributed by atoms with Gasteiger partial charge in [0.25, 0.3) is 5.91 Å². The summed E-state index contributed by atoms with van der Waals surface area (Å²) in [5, 5.41) is 15.6. The second kappa shape index (κ2) is 8.38. The van der Waals surface area contributed by atoms with Gasteiger partial charge >= 0.3 is 5.97 Å². The third-order valence-corrected chi connectivity index (χ3v) is 7.39. The number of benzene rings is 2. The maximum absolute atomic E-state index is 12.7. The molecule has 0 bridgehead atoms. The number of hydrogen-bond donors (Lipinski definition) is 1. The maximum Gasteiger partial charge on any atom is 0.375 e. The SMILES string of the molecule is Cc1c(C(=O)OCC(=O)Nc2sc3c(c2C#N)CCC(C)C3)oc2c1ccc1ccccc12. The van der Waals surface area contributed by atoms with Crippen molar-refractivity contribution in [2.24, 2.45) is 5.92 Å². The third-order valence-electron chi connectivity index (χ3n) is 6.22. The summed E-state index contributed by atoms with van der Waals surface area (Å²) in [5.41, 5.74) is 2.87. The number of nitriles is 1. The molecule has 166 valence electrons. The van der Waals surface area contributed by atoms with Crippen molar-refractivity contribution in [2.45, 2.75) is 33.1 Å². The number of rotatable bonds is 4. The number of nitrogens with zero attached hydrogens (tertiary/aromatic N) is 1. The van der Waals surface area contributed by atoms with Crippen LogP contribution in [0.3, 0.4) is 0 Å². The Bertz CT molecular complexity index is 1460. The largest absolute Gasteiger partial charge is 0.450 e. The first-order chi connectivity index (χ1) is 16.0. The first kappa shape index (κ1) is 21.2. The monoisotopic (exact) mass is 458 g/mol. The van der Waals surface area contributed by atoms with E-state index in [9.17, 15) is 14.9 Å². The molecule has 2 aromatic heterocycles. The highest BCUT2D eigenvalue weighted by Crippen LogP contribution is 2.39. The molecule has 0 spiro atoms. The molecule has 1 aliphatic carbocycles. The van der Waals surface area contributed by atoms with Crippen LogP contribution < -0.4 is 5.32 Å². The molecule has 1 atom stereocenters. The van der Waals surface area contributed by atoms with Crippen molar-refractivity contribution >= 4 is 50.0 Å². The molecular formula is C26H22N2O4S. The topological polar surface area (TPSA) is 92.3 Å². The van der Waals surface area contributed by atoms with Gasteiger partial charge < -0.3 is 14.5 Å². The highest BCUT2D eigenvalue weighted by atomic mass is 32.1. The van der Waals surface area contributed by atoms with Crippen LogP contribution in [0, 0.1) is 24.2 Å². The molecular weight excluding hydrogens is 436 g/mol. The van der Waals surface area contributed by atoms with Gasteiger partial charge in [-0.25, -0.2) is 4.79 Å². The summed E-state index contributed by atoms with van der Waals surface area (Å²) >= 11 is 1.44. The van der Waals surface area contributed by atoms with Crippen molar-refractivity contribution in [2.75, 3.05) is 11.9 Å². The van der Waals surface area contributed by atoms with E-state index in [2.05, 4.69) is 18.3 Å². The van der Waals surface area contributed by atoms with Gasteiger partial charge in [-0.2, -0.15) is 5.26 Å². The van der Waals surface area contributed by atoms with E-state index in [1.165, 1.54) is 11.3 Å². The van der Waals surface area contributed by atoms with Gasteiger partial charge in [-0.1, -0.05) is 43.3 Å². The Morgan fingerprint density at radius 2 is 2.06 bits per heavy atom. The first-order valence-electron chi connectivity index (χ1n) is 10.9. The molecule has 4 aromatic rings. The molecule has 1 aliphatic rings. The van der Waals surface area contributed by atoms with Gasteiger partial charge in [0.2, 0.25) is 5.76 Å². The number of anilines is 1. The Hall–Kier alpha value is -3.63. The normalized spacial score (nSPS) is 15.2. The minimum atomic E-state index is -0.692. The predicted molar refractivity (Wildman–Crippen MR) is 128 cm³/mol. The summed E-state index contributed by atoms with van der Waals surface area (Å²) in [6, 6.07) is 13.9. The van der Waals surface area contributed by atoms with Crippen LogP contribution in [0.5, 0.6) is 0 Å². The molecule has 33 heavy (non-hydrogen) atoms. The number of aryl methyl sites for hydroxylation is 1. The van der Waals surface area contributed by atoms with Crippen LogP contribution in [0.25, 0.3) is 21.7 Å². The smallest absolute Gasteiger partial charge is 0.375 e. The molecule has 2 heterocycles. The fourth-order valence-electron chi connectivity index (χ4n) is 4.46. The summed E-state index contributed by atoms with van der Waals surface area (Å²) in [5.74, 6) is -0.516. The zero-order valence-corrected chi connectivity index (χ0v) is 19.2. The van der Waals surface area contributed by atoms with Crippen LogP contribution in [0.4, 0.5) is 5.00 Å². The Morgan fingerprint density at radius 1 is 1.24 bits per heavy atom. The number of esters is 1. The molecule has 5 rings (SSSR count). The number of carbonyl (C=O) groups is 2. The zero-order valence-electron chi connectivity index (χ0n) is 18.4. The molecule has 1 N–H and O–H groups in total. The first-order valence-corrected chi connectivity index (χ1v) is 11.7. The molecule has 0 aliphatic heterocycles. The van der Waals surface area contributed by atoms with Gasteiger partial charge in [0.05, 0.1) is 5.56 Å². The standard InChI is InChI=1S/C26H22N2O4S/c1-14-7-9-19-20(12-27)25(33-21(19)11-14)28-22(29)13-31-26(30)23-15(2)17-10-8-16-5-3-4-6-18(16)24(17)32-23/h3-6,8,10,14H,7,9,11,13H2,1-2H3,(H,28,29). The molecule has 0 saturated heterocycles.